The van der Waals surface area contributed by atoms with Gasteiger partial charge in [-0.2, -0.15) is 0 Å². The van der Waals surface area contributed by atoms with Crippen molar-refractivity contribution in [1.82, 2.24) is 9.97 Å². The van der Waals surface area contributed by atoms with E-state index in [2.05, 4.69) is 67.3 Å². The Labute approximate surface area is 143 Å². The van der Waals surface area contributed by atoms with E-state index in [1.54, 1.807) is 0 Å². The van der Waals surface area contributed by atoms with E-state index in [0.717, 1.165) is 47.1 Å². The summed E-state index contributed by atoms with van der Waals surface area (Å²) in [7, 11) is 0. The van der Waals surface area contributed by atoms with Crippen molar-refractivity contribution in [1.29, 1.82) is 0 Å². The Kier molecular flexibility index (Phi) is 3.93. The average molecular weight is 317 g/mol. The number of anilines is 1. The van der Waals surface area contributed by atoms with Crippen LogP contribution in [-0.2, 0) is 0 Å². The van der Waals surface area contributed by atoms with Gasteiger partial charge in [0.25, 0.3) is 0 Å². The summed E-state index contributed by atoms with van der Waals surface area (Å²) in [5.74, 6) is 2.62. The SMILES string of the molecule is Cc1ccc(-c2nc(N3CCCC(C)C3)c3ccccc3n2)cc1. The molecule has 0 N–H and O–H groups in total. The van der Waals surface area contributed by atoms with Crippen LogP contribution in [0.5, 0.6) is 0 Å². The van der Waals surface area contributed by atoms with Crippen LogP contribution in [0.4, 0.5) is 5.82 Å². The van der Waals surface area contributed by atoms with Crippen molar-refractivity contribution in [3.63, 3.8) is 0 Å². The molecule has 1 atom stereocenters. The topological polar surface area (TPSA) is 29.0 Å². The first-order valence-corrected chi connectivity index (χ1v) is 8.79. The van der Waals surface area contributed by atoms with Gasteiger partial charge in [-0.05, 0) is 37.8 Å². The third kappa shape index (κ3) is 2.86. The van der Waals surface area contributed by atoms with Gasteiger partial charge in [0.1, 0.15) is 5.82 Å². The van der Waals surface area contributed by atoms with Crippen molar-refractivity contribution in [2.75, 3.05) is 18.0 Å². The van der Waals surface area contributed by atoms with Gasteiger partial charge in [0.05, 0.1) is 5.52 Å². The van der Waals surface area contributed by atoms with E-state index < -0.39 is 0 Å². The molecule has 2 heterocycles. The zero-order chi connectivity index (χ0) is 16.5. The number of para-hydroxylation sites is 1. The molecule has 1 saturated heterocycles. The number of aromatic nitrogens is 2. The quantitative estimate of drug-likeness (QED) is 0.677. The van der Waals surface area contributed by atoms with E-state index in [4.69, 9.17) is 9.97 Å². The molecule has 3 nitrogen and oxygen atoms in total. The van der Waals surface area contributed by atoms with Crippen LogP contribution in [0.3, 0.4) is 0 Å². The minimum absolute atomic E-state index is 0.718. The maximum absolute atomic E-state index is 4.97. The number of nitrogens with zero attached hydrogens (tertiary/aromatic N) is 3. The number of fused-ring (bicyclic) bond motifs is 1. The molecule has 1 unspecified atom stereocenters. The summed E-state index contributed by atoms with van der Waals surface area (Å²) in [5, 5.41) is 1.16. The van der Waals surface area contributed by atoms with Crippen LogP contribution in [0.2, 0.25) is 0 Å². The van der Waals surface area contributed by atoms with Gasteiger partial charge < -0.3 is 4.90 Å². The summed E-state index contributed by atoms with van der Waals surface area (Å²) in [4.78, 5) is 12.2. The van der Waals surface area contributed by atoms with E-state index >= 15 is 0 Å². The van der Waals surface area contributed by atoms with Crippen LogP contribution in [0, 0.1) is 12.8 Å². The molecule has 3 heteroatoms. The van der Waals surface area contributed by atoms with Crippen LogP contribution in [0.25, 0.3) is 22.3 Å². The second kappa shape index (κ2) is 6.23. The number of hydrogen-bond acceptors (Lipinski definition) is 3. The van der Waals surface area contributed by atoms with Crippen molar-refractivity contribution in [3.05, 3.63) is 54.1 Å². The van der Waals surface area contributed by atoms with E-state index in [0.29, 0.717) is 0 Å². The minimum atomic E-state index is 0.718. The highest BCUT2D eigenvalue weighted by atomic mass is 15.2. The Bertz CT molecular complexity index is 855. The molecule has 1 aliphatic heterocycles. The Balaban J connectivity index is 1.86. The first-order valence-electron chi connectivity index (χ1n) is 8.79. The molecular formula is C21H23N3. The first-order chi connectivity index (χ1) is 11.7. The fourth-order valence-corrected chi connectivity index (χ4v) is 3.51. The van der Waals surface area contributed by atoms with Gasteiger partial charge in [0.2, 0.25) is 0 Å². The lowest BCUT2D eigenvalue weighted by molar-refractivity contribution is 0.445. The predicted molar refractivity (Wildman–Crippen MR) is 100 cm³/mol. The van der Waals surface area contributed by atoms with Crippen molar-refractivity contribution >= 4 is 16.7 Å². The van der Waals surface area contributed by atoms with Crippen LogP contribution in [0.1, 0.15) is 25.3 Å². The fourth-order valence-electron chi connectivity index (χ4n) is 3.51. The number of rotatable bonds is 2. The minimum Gasteiger partial charge on any atom is -0.356 e. The molecular weight excluding hydrogens is 294 g/mol. The summed E-state index contributed by atoms with van der Waals surface area (Å²) >= 11 is 0. The first kappa shape index (κ1) is 15.1. The largest absolute Gasteiger partial charge is 0.356 e. The van der Waals surface area contributed by atoms with Gasteiger partial charge in [0.15, 0.2) is 5.82 Å². The van der Waals surface area contributed by atoms with Gasteiger partial charge in [-0.25, -0.2) is 9.97 Å². The lowest BCUT2D eigenvalue weighted by atomic mass is 10.00. The van der Waals surface area contributed by atoms with E-state index in [1.807, 2.05) is 0 Å². The normalized spacial score (nSPS) is 18.1. The monoisotopic (exact) mass is 317 g/mol. The summed E-state index contributed by atoms with van der Waals surface area (Å²) in [6, 6.07) is 16.8. The molecule has 2 aromatic carbocycles. The molecule has 0 saturated carbocycles. The number of hydrogen-bond donors (Lipinski definition) is 0. The van der Waals surface area contributed by atoms with Gasteiger partial charge in [-0.1, -0.05) is 48.9 Å². The zero-order valence-electron chi connectivity index (χ0n) is 14.4. The van der Waals surface area contributed by atoms with Crippen molar-refractivity contribution in [2.24, 2.45) is 5.92 Å². The van der Waals surface area contributed by atoms with Crippen LogP contribution in [0.15, 0.2) is 48.5 Å². The van der Waals surface area contributed by atoms with Crippen LogP contribution < -0.4 is 4.90 Å². The number of piperidine rings is 1. The van der Waals surface area contributed by atoms with Gasteiger partial charge in [-0.15, -0.1) is 0 Å². The predicted octanol–water partition coefficient (Wildman–Crippen LogP) is 4.84. The third-order valence-electron chi connectivity index (χ3n) is 4.85. The average Bonchev–Trinajstić information content (AvgIpc) is 2.61. The molecule has 3 aromatic rings. The van der Waals surface area contributed by atoms with Crippen molar-refractivity contribution < 1.29 is 0 Å². The van der Waals surface area contributed by atoms with Crippen LogP contribution in [-0.4, -0.2) is 23.1 Å². The second-order valence-electron chi connectivity index (χ2n) is 6.95. The van der Waals surface area contributed by atoms with Gasteiger partial charge in [0, 0.05) is 24.0 Å². The highest BCUT2D eigenvalue weighted by Crippen LogP contribution is 2.30. The number of benzene rings is 2. The molecule has 0 amide bonds. The standard InChI is InChI=1S/C21H23N3/c1-15-9-11-17(12-10-15)20-22-19-8-4-3-7-18(19)21(23-20)24-13-5-6-16(2)14-24/h3-4,7-12,16H,5-6,13-14H2,1-2H3. The lowest BCUT2D eigenvalue weighted by Gasteiger charge is -2.32. The van der Waals surface area contributed by atoms with E-state index in [9.17, 15) is 0 Å². The molecule has 1 aromatic heterocycles. The Morgan fingerprint density at radius 2 is 1.79 bits per heavy atom. The fraction of sp³-hybridized carbons (Fsp3) is 0.333. The summed E-state index contributed by atoms with van der Waals surface area (Å²) in [6.45, 7) is 6.59. The van der Waals surface area contributed by atoms with Crippen molar-refractivity contribution in [3.8, 4) is 11.4 Å². The summed E-state index contributed by atoms with van der Waals surface area (Å²) < 4.78 is 0. The summed E-state index contributed by atoms with van der Waals surface area (Å²) in [5.41, 5.74) is 3.36. The molecule has 4 rings (SSSR count). The zero-order valence-corrected chi connectivity index (χ0v) is 14.4. The molecule has 0 spiro atoms. The Morgan fingerprint density at radius 3 is 2.58 bits per heavy atom. The van der Waals surface area contributed by atoms with Gasteiger partial charge in [-0.3, -0.25) is 0 Å². The molecule has 1 fully saturated rings. The molecule has 0 bridgehead atoms. The van der Waals surface area contributed by atoms with E-state index in [-0.39, 0.29) is 0 Å². The molecule has 24 heavy (non-hydrogen) atoms. The molecule has 1 aliphatic rings. The lowest BCUT2D eigenvalue weighted by Crippen LogP contribution is -2.35. The highest BCUT2D eigenvalue weighted by Gasteiger charge is 2.20. The maximum atomic E-state index is 4.97. The molecule has 0 aliphatic carbocycles. The summed E-state index contributed by atoms with van der Waals surface area (Å²) in [6.07, 6.45) is 2.55. The second-order valence-corrected chi connectivity index (χ2v) is 6.95. The van der Waals surface area contributed by atoms with Crippen molar-refractivity contribution in [2.45, 2.75) is 26.7 Å². The number of aryl methyl sites for hydroxylation is 1. The Hall–Kier alpha value is -2.42. The molecule has 0 radical (unpaired) electrons. The van der Waals surface area contributed by atoms with E-state index in [1.165, 1.54) is 18.4 Å². The smallest absolute Gasteiger partial charge is 0.162 e. The van der Waals surface area contributed by atoms with Gasteiger partial charge >= 0.3 is 0 Å². The highest BCUT2D eigenvalue weighted by molar-refractivity contribution is 5.91. The Morgan fingerprint density at radius 1 is 1.00 bits per heavy atom. The molecule has 122 valence electrons. The third-order valence-corrected chi connectivity index (χ3v) is 4.85. The van der Waals surface area contributed by atoms with Crippen LogP contribution >= 0.6 is 0 Å². The maximum Gasteiger partial charge on any atom is 0.162 e.